The summed E-state index contributed by atoms with van der Waals surface area (Å²) in [5.41, 5.74) is 2.13. The minimum Gasteiger partial charge on any atom is -0.487 e. The van der Waals surface area contributed by atoms with Gasteiger partial charge < -0.3 is 9.84 Å². The van der Waals surface area contributed by atoms with Gasteiger partial charge in [-0.05, 0) is 35.6 Å². The zero-order valence-corrected chi connectivity index (χ0v) is 13.0. The second-order valence-corrected chi connectivity index (χ2v) is 5.68. The maximum absolute atomic E-state index is 10.6. The average molecular weight is 284 g/mol. The molecule has 2 heteroatoms. The van der Waals surface area contributed by atoms with Gasteiger partial charge in [-0.25, -0.2) is 0 Å². The summed E-state index contributed by atoms with van der Waals surface area (Å²) in [6, 6.07) is 17.8. The van der Waals surface area contributed by atoms with E-state index in [0.717, 1.165) is 17.7 Å². The number of aryl methyl sites for hydroxylation is 1. The highest BCUT2D eigenvalue weighted by atomic mass is 16.5. The Morgan fingerprint density at radius 1 is 1.00 bits per heavy atom. The molecule has 0 amide bonds. The number of hydrogen-bond acceptors (Lipinski definition) is 2. The molecule has 2 aromatic rings. The normalized spacial score (nSPS) is 14.0. The van der Waals surface area contributed by atoms with E-state index in [4.69, 9.17) is 4.74 Å². The highest BCUT2D eigenvalue weighted by molar-refractivity contribution is 5.29. The van der Waals surface area contributed by atoms with Crippen LogP contribution in [-0.4, -0.2) is 11.2 Å². The van der Waals surface area contributed by atoms with Crippen molar-refractivity contribution in [3.05, 3.63) is 65.7 Å². The van der Waals surface area contributed by atoms with Crippen molar-refractivity contribution in [1.29, 1.82) is 0 Å². The third-order valence-electron chi connectivity index (χ3n) is 3.69. The predicted molar refractivity (Wildman–Crippen MR) is 86.5 cm³/mol. The fourth-order valence-corrected chi connectivity index (χ4v) is 2.40. The molecule has 2 atom stereocenters. The van der Waals surface area contributed by atoms with Crippen molar-refractivity contribution in [1.82, 2.24) is 0 Å². The Morgan fingerprint density at radius 3 is 2.33 bits per heavy atom. The summed E-state index contributed by atoms with van der Waals surface area (Å²) >= 11 is 0. The van der Waals surface area contributed by atoms with Gasteiger partial charge >= 0.3 is 0 Å². The molecule has 2 rings (SSSR count). The molecule has 0 radical (unpaired) electrons. The zero-order valence-electron chi connectivity index (χ0n) is 13.0. The first-order chi connectivity index (χ1) is 10.1. The average Bonchev–Trinajstić information content (AvgIpc) is 2.52. The molecular weight excluding hydrogens is 260 g/mol. The van der Waals surface area contributed by atoms with Crippen LogP contribution in [0.25, 0.3) is 0 Å². The summed E-state index contributed by atoms with van der Waals surface area (Å²) in [6.45, 7) is 6.26. The van der Waals surface area contributed by atoms with E-state index in [1.54, 1.807) is 0 Å². The lowest BCUT2D eigenvalue weighted by Crippen LogP contribution is -2.30. The van der Waals surface area contributed by atoms with Crippen molar-refractivity contribution in [2.45, 2.75) is 39.4 Å². The third-order valence-corrected chi connectivity index (χ3v) is 3.69. The molecule has 0 spiro atoms. The third kappa shape index (κ3) is 4.08. The largest absolute Gasteiger partial charge is 0.487 e. The van der Waals surface area contributed by atoms with Crippen molar-refractivity contribution < 1.29 is 9.84 Å². The second kappa shape index (κ2) is 7.28. The molecule has 0 saturated heterocycles. The van der Waals surface area contributed by atoms with Crippen LogP contribution in [0.15, 0.2) is 54.6 Å². The number of benzene rings is 2. The Kier molecular flexibility index (Phi) is 5.40. The number of ether oxygens (including phenoxy) is 1. The monoisotopic (exact) mass is 284 g/mol. The molecule has 112 valence electrons. The van der Waals surface area contributed by atoms with Crippen molar-refractivity contribution in [3.8, 4) is 5.75 Å². The second-order valence-electron chi connectivity index (χ2n) is 5.68. The molecule has 0 saturated carbocycles. The quantitative estimate of drug-likeness (QED) is 0.852. The van der Waals surface area contributed by atoms with E-state index in [9.17, 15) is 5.11 Å². The van der Waals surface area contributed by atoms with Crippen LogP contribution in [-0.2, 0) is 6.42 Å². The molecule has 0 aliphatic rings. The minimum absolute atomic E-state index is 0.213. The SMILES string of the molecule is CCc1cccc(OC(C(C)C)C(O)c2ccccc2)c1. The topological polar surface area (TPSA) is 29.5 Å². The number of rotatable bonds is 6. The van der Waals surface area contributed by atoms with Crippen LogP contribution >= 0.6 is 0 Å². The van der Waals surface area contributed by atoms with E-state index >= 15 is 0 Å². The summed E-state index contributed by atoms with van der Waals surface area (Å²) in [7, 11) is 0. The molecule has 1 N–H and O–H groups in total. The highest BCUT2D eigenvalue weighted by Gasteiger charge is 2.26. The Morgan fingerprint density at radius 2 is 1.71 bits per heavy atom. The summed E-state index contributed by atoms with van der Waals surface area (Å²) in [5.74, 6) is 1.04. The van der Waals surface area contributed by atoms with Crippen molar-refractivity contribution >= 4 is 0 Å². The summed E-state index contributed by atoms with van der Waals surface area (Å²) in [4.78, 5) is 0. The molecule has 0 bridgehead atoms. The van der Waals surface area contributed by atoms with Gasteiger partial charge in [0, 0.05) is 0 Å². The smallest absolute Gasteiger partial charge is 0.131 e. The van der Waals surface area contributed by atoms with Crippen LogP contribution in [0.5, 0.6) is 5.75 Å². The fraction of sp³-hybridized carbons (Fsp3) is 0.368. The van der Waals surface area contributed by atoms with Gasteiger partial charge in [-0.15, -0.1) is 0 Å². The predicted octanol–water partition coefficient (Wildman–Crippen LogP) is 4.39. The Labute approximate surface area is 127 Å². The molecule has 0 aliphatic carbocycles. The van der Waals surface area contributed by atoms with Crippen LogP contribution < -0.4 is 4.74 Å². The fourth-order valence-electron chi connectivity index (χ4n) is 2.40. The Balaban J connectivity index is 2.19. The standard InChI is InChI=1S/C19H24O2/c1-4-15-9-8-12-17(13-15)21-19(14(2)3)18(20)16-10-6-5-7-11-16/h5-14,18-20H,4H2,1-3H3. The van der Waals surface area contributed by atoms with Gasteiger partial charge in [0.1, 0.15) is 18.0 Å². The van der Waals surface area contributed by atoms with Crippen LogP contribution in [0.1, 0.15) is 38.0 Å². The van der Waals surface area contributed by atoms with E-state index in [-0.39, 0.29) is 12.0 Å². The van der Waals surface area contributed by atoms with E-state index in [1.165, 1.54) is 5.56 Å². The molecule has 2 unspecified atom stereocenters. The van der Waals surface area contributed by atoms with Crippen molar-refractivity contribution in [2.24, 2.45) is 5.92 Å². The van der Waals surface area contributed by atoms with Gasteiger partial charge in [-0.2, -0.15) is 0 Å². The first-order valence-corrected chi connectivity index (χ1v) is 7.60. The first-order valence-electron chi connectivity index (χ1n) is 7.60. The lowest BCUT2D eigenvalue weighted by molar-refractivity contribution is 0.00785. The summed E-state index contributed by atoms with van der Waals surface area (Å²) in [5, 5.41) is 10.6. The van der Waals surface area contributed by atoms with Crippen molar-refractivity contribution in [3.63, 3.8) is 0 Å². The van der Waals surface area contributed by atoms with Gasteiger partial charge in [-0.1, -0.05) is 63.2 Å². The van der Waals surface area contributed by atoms with Gasteiger partial charge in [0.15, 0.2) is 0 Å². The number of aliphatic hydroxyl groups is 1. The van der Waals surface area contributed by atoms with Gasteiger partial charge in [0.2, 0.25) is 0 Å². The molecule has 0 aliphatic heterocycles. The lowest BCUT2D eigenvalue weighted by Gasteiger charge is -2.28. The van der Waals surface area contributed by atoms with Gasteiger partial charge in [0.05, 0.1) is 0 Å². The molecule has 0 heterocycles. The van der Waals surface area contributed by atoms with Crippen LogP contribution in [0, 0.1) is 5.92 Å². The highest BCUT2D eigenvalue weighted by Crippen LogP contribution is 2.27. The molecule has 21 heavy (non-hydrogen) atoms. The molecule has 2 aromatic carbocycles. The minimum atomic E-state index is -0.628. The van der Waals surface area contributed by atoms with E-state index < -0.39 is 6.10 Å². The van der Waals surface area contributed by atoms with Crippen molar-refractivity contribution in [2.75, 3.05) is 0 Å². The zero-order chi connectivity index (χ0) is 15.2. The molecule has 2 nitrogen and oxygen atoms in total. The van der Waals surface area contributed by atoms with E-state index in [0.29, 0.717) is 0 Å². The number of hydrogen-bond donors (Lipinski definition) is 1. The summed E-state index contributed by atoms with van der Waals surface area (Å²) < 4.78 is 6.08. The molecule has 0 aromatic heterocycles. The Bertz CT molecular complexity index is 549. The molecular formula is C19H24O2. The van der Waals surface area contributed by atoms with Crippen LogP contribution in [0.4, 0.5) is 0 Å². The molecule has 0 fully saturated rings. The maximum Gasteiger partial charge on any atom is 0.131 e. The van der Waals surface area contributed by atoms with Crippen LogP contribution in [0.3, 0.4) is 0 Å². The van der Waals surface area contributed by atoms with E-state index in [1.807, 2.05) is 48.5 Å². The Hall–Kier alpha value is -1.80. The van der Waals surface area contributed by atoms with Gasteiger partial charge in [-0.3, -0.25) is 0 Å². The van der Waals surface area contributed by atoms with Crippen LogP contribution in [0.2, 0.25) is 0 Å². The lowest BCUT2D eigenvalue weighted by atomic mass is 9.96. The van der Waals surface area contributed by atoms with Gasteiger partial charge in [0.25, 0.3) is 0 Å². The maximum atomic E-state index is 10.6. The first kappa shape index (κ1) is 15.6. The number of aliphatic hydroxyl groups excluding tert-OH is 1. The summed E-state index contributed by atoms with van der Waals surface area (Å²) in [6.07, 6.45) is 0.0844. The van der Waals surface area contributed by atoms with E-state index in [2.05, 4.69) is 26.8 Å².